The molecule has 0 aromatic heterocycles. The third kappa shape index (κ3) is 11.4. The molecule has 0 aliphatic rings. The fourth-order valence-corrected chi connectivity index (χ4v) is 2.72. The molecule has 0 atom stereocenters. The molecule has 1 amide bonds. The van der Waals surface area contributed by atoms with Gasteiger partial charge in [0, 0.05) is 7.05 Å². The molecule has 1 rings (SSSR count). The van der Waals surface area contributed by atoms with E-state index < -0.39 is 24.3 Å². The van der Waals surface area contributed by atoms with Gasteiger partial charge in [-0.2, -0.15) is 13.2 Å². The number of methoxy groups -OCH3 is 1. The van der Waals surface area contributed by atoms with E-state index in [9.17, 15) is 18.0 Å². The summed E-state index contributed by atoms with van der Waals surface area (Å²) >= 11 is 0. The smallest absolute Gasteiger partial charge is 0.410 e. The number of halogens is 3. The Morgan fingerprint density at radius 1 is 1.14 bits per heavy atom. The van der Waals surface area contributed by atoms with Crippen LogP contribution in [0.1, 0.15) is 39.7 Å². The van der Waals surface area contributed by atoms with Gasteiger partial charge in [0.1, 0.15) is 23.7 Å². The second kappa shape index (κ2) is 13.6. The SMILES string of the molecule is C=C(/C=C\C(=C/C)N(N)/C(=C\CC(F)(F)F)c1ccc(OCCN(C)C(=O)OC(C)(C)C)cc1)OC. The quantitative estimate of drug-likeness (QED) is 0.169. The van der Waals surface area contributed by atoms with E-state index in [1.807, 2.05) is 0 Å². The van der Waals surface area contributed by atoms with Gasteiger partial charge in [0.2, 0.25) is 0 Å². The Hall–Kier alpha value is -3.40. The molecule has 0 radical (unpaired) electrons. The Morgan fingerprint density at radius 3 is 2.25 bits per heavy atom. The molecule has 0 saturated carbocycles. The molecule has 2 N–H and O–H groups in total. The number of nitrogens with two attached hydrogens (primary N) is 1. The van der Waals surface area contributed by atoms with E-state index in [1.165, 1.54) is 12.0 Å². The largest absolute Gasteiger partial charge is 0.497 e. The molecule has 0 bridgehead atoms. The van der Waals surface area contributed by atoms with E-state index in [0.717, 1.165) is 11.1 Å². The Kier molecular flexibility index (Phi) is 11.6. The van der Waals surface area contributed by atoms with Gasteiger partial charge in [0.15, 0.2) is 0 Å². The lowest BCUT2D eigenvalue weighted by Crippen LogP contribution is -2.36. The van der Waals surface area contributed by atoms with E-state index >= 15 is 0 Å². The van der Waals surface area contributed by atoms with Crippen LogP contribution >= 0.6 is 0 Å². The summed E-state index contributed by atoms with van der Waals surface area (Å²) in [7, 11) is 3.05. The fraction of sp³-hybridized carbons (Fsp3) is 0.423. The Labute approximate surface area is 211 Å². The Balaban J connectivity index is 2.99. The molecule has 0 heterocycles. The number of alkyl halides is 3. The average Bonchev–Trinajstić information content (AvgIpc) is 2.78. The molecule has 1 aromatic carbocycles. The Morgan fingerprint density at radius 2 is 1.75 bits per heavy atom. The summed E-state index contributed by atoms with van der Waals surface area (Å²) in [5.74, 6) is 7.06. The molecule has 36 heavy (non-hydrogen) atoms. The number of carbonyl (C=O) groups is 1. The van der Waals surface area contributed by atoms with Crippen LogP contribution in [-0.4, -0.2) is 55.1 Å². The molecule has 0 aliphatic carbocycles. The molecule has 7 nitrogen and oxygen atoms in total. The van der Waals surface area contributed by atoms with Crippen LogP contribution in [0.4, 0.5) is 18.0 Å². The van der Waals surface area contributed by atoms with Gasteiger partial charge in [-0.3, -0.25) is 5.01 Å². The molecule has 0 aliphatic heterocycles. The van der Waals surface area contributed by atoms with Crippen molar-refractivity contribution >= 4 is 11.8 Å². The zero-order valence-electron chi connectivity index (χ0n) is 21.7. The molecule has 1 aromatic rings. The van der Waals surface area contributed by atoms with Crippen LogP contribution in [0.3, 0.4) is 0 Å². The van der Waals surface area contributed by atoms with Crippen LogP contribution in [0.5, 0.6) is 5.75 Å². The fourth-order valence-electron chi connectivity index (χ4n) is 2.72. The van der Waals surface area contributed by atoms with Crippen molar-refractivity contribution in [1.29, 1.82) is 0 Å². The highest BCUT2D eigenvalue weighted by Gasteiger charge is 2.26. The zero-order valence-corrected chi connectivity index (χ0v) is 21.7. The number of hydrogen-bond donors (Lipinski definition) is 1. The highest BCUT2D eigenvalue weighted by Crippen LogP contribution is 2.28. The molecule has 0 fully saturated rings. The minimum atomic E-state index is -4.40. The molecular weight excluding hydrogens is 475 g/mol. The standard InChI is InChI=1S/C26H36F3N3O4/c1-8-21(12-9-19(2)34-7)32(30)23(15-16-26(27,28)29)20-10-13-22(14-11-20)35-18-17-31(6)24(33)36-25(3,4)5/h8-15H,2,16-18,30H2,1,3-7H3/b12-9-,21-8+,23-15-. The molecule has 0 spiro atoms. The number of hydrazine groups is 1. The van der Waals surface area contributed by atoms with Crippen molar-refractivity contribution < 1.29 is 32.2 Å². The lowest BCUT2D eigenvalue weighted by molar-refractivity contribution is -0.125. The van der Waals surface area contributed by atoms with E-state index in [0.29, 0.717) is 22.8 Å². The number of allylic oxidation sites excluding steroid dienone is 4. The number of nitrogens with zero attached hydrogens (tertiary/aromatic N) is 2. The van der Waals surface area contributed by atoms with Gasteiger partial charge in [0.25, 0.3) is 0 Å². The molecule has 0 unspecified atom stereocenters. The number of likely N-dealkylation sites (N-methyl/N-ethyl adjacent to an activating group) is 1. The van der Waals surface area contributed by atoms with Crippen molar-refractivity contribution in [3.05, 3.63) is 72.2 Å². The summed E-state index contributed by atoms with van der Waals surface area (Å²) in [6, 6.07) is 6.46. The van der Waals surface area contributed by atoms with Crippen molar-refractivity contribution in [1.82, 2.24) is 9.91 Å². The van der Waals surface area contributed by atoms with Gasteiger partial charge in [0.05, 0.1) is 31.5 Å². The van der Waals surface area contributed by atoms with Crippen molar-refractivity contribution in [2.45, 2.75) is 45.9 Å². The number of rotatable bonds is 11. The number of ether oxygens (including phenoxy) is 3. The normalized spacial score (nSPS) is 12.9. The second-order valence-electron chi connectivity index (χ2n) is 8.77. The maximum atomic E-state index is 13.0. The summed E-state index contributed by atoms with van der Waals surface area (Å²) in [6.45, 7) is 11.2. The van der Waals surface area contributed by atoms with Gasteiger partial charge in [-0.05, 0) is 75.8 Å². The van der Waals surface area contributed by atoms with Crippen LogP contribution in [0.2, 0.25) is 0 Å². The average molecular weight is 512 g/mol. The minimum Gasteiger partial charge on any atom is -0.497 e. The van der Waals surface area contributed by atoms with Crippen molar-refractivity contribution in [3.63, 3.8) is 0 Å². The van der Waals surface area contributed by atoms with Gasteiger partial charge in [-0.1, -0.05) is 12.7 Å². The van der Waals surface area contributed by atoms with E-state index in [-0.39, 0.29) is 18.8 Å². The summed E-state index contributed by atoms with van der Waals surface area (Å²) in [5, 5.41) is 1.16. The highest BCUT2D eigenvalue weighted by molar-refractivity contribution is 5.68. The van der Waals surface area contributed by atoms with Gasteiger partial charge >= 0.3 is 12.3 Å². The first-order valence-electron chi connectivity index (χ1n) is 11.2. The number of benzene rings is 1. The predicted octanol–water partition coefficient (Wildman–Crippen LogP) is 6.02. The molecule has 10 heteroatoms. The van der Waals surface area contributed by atoms with E-state index in [4.69, 9.17) is 20.1 Å². The topological polar surface area (TPSA) is 77.3 Å². The van der Waals surface area contributed by atoms with E-state index in [2.05, 4.69) is 6.58 Å². The van der Waals surface area contributed by atoms with Crippen LogP contribution in [0.15, 0.2) is 66.6 Å². The lowest BCUT2D eigenvalue weighted by atomic mass is 10.1. The summed E-state index contributed by atoms with van der Waals surface area (Å²) < 4.78 is 54.9. The predicted molar refractivity (Wildman–Crippen MR) is 135 cm³/mol. The Bertz CT molecular complexity index is 962. The highest BCUT2D eigenvalue weighted by atomic mass is 19.4. The number of amides is 1. The minimum absolute atomic E-state index is 0.157. The first-order chi connectivity index (χ1) is 16.7. The maximum absolute atomic E-state index is 13.0. The van der Waals surface area contributed by atoms with Crippen LogP contribution < -0.4 is 10.6 Å². The van der Waals surface area contributed by atoms with Gasteiger partial charge in [-0.25, -0.2) is 10.6 Å². The monoisotopic (exact) mass is 511 g/mol. The van der Waals surface area contributed by atoms with Crippen LogP contribution in [0, 0.1) is 0 Å². The van der Waals surface area contributed by atoms with Crippen LogP contribution in [0.25, 0.3) is 5.70 Å². The van der Waals surface area contributed by atoms with E-state index in [1.54, 1.807) is 77.2 Å². The summed E-state index contributed by atoms with van der Waals surface area (Å²) in [5.41, 5.74) is 0.450. The maximum Gasteiger partial charge on any atom is 0.410 e. The van der Waals surface area contributed by atoms with Crippen molar-refractivity contribution in [2.24, 2.45) is 5.84 Å². The first kappa shape index (κ1) is 30.6. The van der Waals surface area contributed by atoms with Gasteiger partial charge in [-0.15, -0.1) is 0 Å². The van der Waals surface area contributed by atoms with Crippen molar-refractivity contribution in [3.8, 4) is 5.75 Å². The van der Waals surface area contributed by atoms with Crippen LogP contribution in [-0.2, 0) is 9.47 Å². The number of hydrogen-bond acceptors (Lipinski definition) is 6. The molecular formula is C26H36F3N3O4. The lowest BCUT2D eigenvalue weighted by Gasteiger charge is -2.25. The summed E-state index contributed by atoms with van der Waals surface area (Å²) in [6.07, 6.45) is -0.198. The second-order valence-corrected chi connectivity index (χ2v) is 8.77. The zero-order chi connectivity index (χ0) is 27.5. The molecule has 0 saturated heterocycles. The summed E-state index contributed by atoms with van der Waals surface area (Å²) in [4.78, 5) is 13.4. The number of carbonyl (C=O) groups excluding carboxylic acids is 1. The van der Waals surface area contributed by atoms with Gasteiger partial charge < -0.3 is 19.1 Å². The van der Waals surface area contributed by atoms with Crippen molar-refractivity contribution in [2.75, 3.05) is 27.3 Å². The third-order valence-electron chi connectivity index (χ3n) is 4.61. The third-order valence-corrected chi connectivity index (χ3v) is 4.61. The first-order valence-corrected chi connectivity index (χ1v) is 11.2. The molecule has 200 valence electrons.